The van der Waals surface area contributed by atoms with Crippen LogP contribution in [0.15, 0.2) is 78.0 Å². The summed E-state index contributed by atoms with van der Waals surface area (Å²) in [5.41, 5.74) is 1.76. The highest BCUT2D eigenvalue weighted by Crippen LogP contribution is 2.20. The number of carbonyl (C=O) groups excluding carboxylic acids is 1. The third-order valence-electron chi connectivity index (χ3n) is 5.10. The lowest BCUT2D eigenvalue weighted by Gasteiger charge is -2.36. The van der Waals surface area contributed by atoms with Gasteiger partial charge in [-0.2, -0.15) is 0 Å². The average molecular weight is 441 g/mol. The zero-order valence-corrected chi connectivity index (χ0v) is 17.4. The highest BCUT2D eigenvalue weighted by atomic mass is 32.2. The molecule has 0 bridgehead atoms. The summed E-state index contributed by atoms with van der Waals surface area (Å²) in [5, 5.41) is 0. The van der Waals surface area contributed by atoms with Gasteiger partial charge in [-0.05, 0) is 60.7 Å². The maximum absolute atomic E-state index is 13.1. The number of rotatable bonds is 5. The van der Waals surface area contributed by atoms with Gasteiger partial charge in [0.05, 0.1) is 10.6 Å². The highest BCUT2D eigenvalue weighted by molar-refractivity contribution is 7.92. The molecule has 1 fully saturated rings. The number of anilines is 2. The lowest BCUT2D eigenvalue weighted by Crippen LogP contribution is -2.48. The molecule has 160 valence electrons. The lowest BCUT2D eigenvalue weighted by molar-refractivity contribution is 0.0746. The number of halogens is 1. The predicted molar refractivity (Wildman–Crippen MR) is 116 cm³/mol. The first-order valence-corrected chi connectivity index (χ1v) is 11.2. The highest BCUT2D eigenvalue weighted by Gasteiger charge is 2.23. The predicted octanol–water partition coefficient (Wildman–Crippen LogP) is 2.98. The van der Waals surface area contributed by atoms with Crippen LogP contribution in [0.5, 0.6) is 0 Å². The Labute approximate surface area is 180 Å². The smallest absolute Gasteiger partial charge is 0.261 e. The van der Waals surface area contributed by atoms with E-state index >= 15 is 0 Å². The molecule has 1 aliphatic heterocycles. The van der Waals surface area contributed by atoms with Crippen LogP contribution in [-0.4, -0.2) is 50.4 Å². The molecule has 3 aromatic rings. The van der Waals surface area contributed by atoms with Crippen LogP contribution in [0.25, 0.3) is 0 Å². The number of nitrogens with zero attached hydrogens (tertiary/aromatic N) is 3. The van der Waals surface area contributed by atoms with Crippen LogP contribution in [0.2, 0.25) is 0 Å². The summed E-state index contributed by atoms with van der Waals surface area (Å²) in [5.74, 6) is -0.427. The Kier molecular flexibility index (Phi) is 5.85. The number of amides is 1. The molecule has 0 radical (unpaired) electrons. The molecular weight excluding hydrogens is 419 g/mol. The van der Waals surface area contributed by atoms with Gasteiger partial charge in [-0.1, -0.05) is 0 Å². The standard InChI is InChI=1S/C22H21FN4O3S/c23-18-3-5-20(6-4-18)26-13-15-27(16-14-26)22(28)17-1-7-21(8-2-17)31(29,30)25-19-9-11-24-12-10-19/h1-12H,13-16H2,(H,24,25). The molecule has 0 saturated carbocycles. The first-order valence-electron chi connectivity index (χ1n) is 9.75. The molecule has 4 rings (SSSR count). The summed E-state index contributed by atoms with van der Waals surface area (Å²) in [4.78, 5) is 20.6. The molecule has 0 aliphatic carbocycles. The Morgan fingerprint density at radius 1 is 0.871 bits per heavy atom. The zero-order chi connectivity index (χ0) is 21.8. The SMILES string of the molecule is O=C(c1ccc(S(=O)(=O)Nc2ccncc2)cc1)N1CCN(c2ccc(F)cc2)CC1. The largest absolute Gasteiger partial charge is 0.368 e. The Balaban J connectivity index is 1.39. The third-order valence-corrected chi connectivity index (χ3v) is 6.50. The van der Waals surface area contributed by atoms with Crippen LogP contribution in [0, 0.1) is 5.82 Å². The molecule has 1 amide bonds. The Morgan fingerprint density at radius 2 is 1.48 bits per heavy atom. The van der Waals surface area contributed by atoms with E-state index in [1.165, 1.54) is 48.8 Å². The minimum atomic E-state index is -3.76. The van der Waals surface area contributed by atoms with Gasteiger partial charge >= 0.3 is 0 Å². The quantitative estimate of drug-likeness (QED) is 0.660. The molecule has 0 atom stereocenters. The van der Waals surface area contributed by atoms with E-state index in [9.17, 15) is 17.6 Å². The summed E-state index contributed by atoms with van der Waals surface area (Å²) < 4.78 is 40.6. The molecule has 1 N–H and O–H groups in total. The number of aromatic nitrogens is 1. The second-order valence-corrected chi connectivity index (χ2v) is 8.80. The van der Waals surface area contributed by atoms with Gasteiger partial charge in [-0.25, -0.2) is 12.8 Å². The molecule has 1 saturated heterocycles. The van der Waals surface area contributed by atoms with Crippen molar-refractivity contribution in [3.8, 4) is 0 Å². The number of benzene rings is 2. The van der Waals surface area contributed by atoms with Crippen LogP contribution in [0.1, 0.15) is 10.4 Å². The topological polar surface area (TPSA) is 82.6 Å². The Bertz CT molecular complexity index is 1150. The number of hydrogen-bond acceptors (Lipinski definition) is 5. The van der Waals surface area contributed by atoms with Gasteiger partial charge in [-0.15, -0.1) is 0 Å². The van der Waals surface area contributed by atoms with Crippen molar-refractivity contribution in [2.45, 2.75) is 4.90 Å². The van der Waals surface area contributed by atoms with Crippen LogP contribution in [0.4, 0.5) is 15.8 Å². The first-order chi connectivity index (χ1) is 14.9. The fourth-order valence-electron chi connectivity index (χ4n) is 3.41. The summed E-state index contributed by atoms with van der Waals surface area (Å²) in [6.07, 6.45) is 2.99. The first kappa shape index (κ1) is 20.8. The lowest BCUT2D eigenvalue weighted by atomic mass is 10.1. The van der Waals surface area contributed by atoms with Gasteiger partial charge in [0.15, 0.2) is 0 Å². The second kappa shape index (κ2) is 8.73. The van der Waals surface area contributed by atoms with E-state index in [2.05, 4.69) is 14.6 Å². The van der Waals surface area contributed by atoms with Gasteiger partial charge in [0.25, 0.3) is 15.9 Å². The van der Waals surface area contributed by atoms with Gasteiger partial charge in [-0.3, -0.25) is 14.5 Å². The van der Waals surface area contributed by atoms with Crippen molar-refractivity contribution in [2.75, 3.05) is 35.8 Å². The van der Waals surface area contributed by atoms with E-state index in [0.29, 0.717) is 37.4 Å². The van der Waals surface area contributed by atoms with Crippen molar-refractivity contribution in [1.82, 2.24) is 9.88 Å². The van der Waals surface area contributed by atoms with Crippen LogP contribution in [-0.2, 0) is 10.0 Å². The van der Waals surface area contributed by atoms with Crippen molar-refractivity contribution in [1.29, 1.82) is 0 Å². The van der Waals surface area contributed by atoms with E-state index in [1.807, 2.05) is 0 Å². The summed E-state index contributed by atoms with van der Waals surface area (Å²) in [7, 11) is -3.76. The summed E-state index contributed by atoms with van der Waals surface area (Å²) in [6.45, 7) is 2.33. The van der Waals surface area contributed by atoms with E-state index in [-0.39, 0.29) is 16.6 Å². The van der Waals surface area contributed by atoms with E-state index in [4.69, 9.17) is 0 Å². The van der Waals surface area contributed by atoms with Crippen molar-refractivity contribution in [2.24, 2.45) is 0 Å². The molecule has 0 spiro atoms. The van der Waals surface area contributed by atoms with Crippen LogP contribution >= 0.6 is 0 Å². The fourth-order valence-corrected chi connectivity index (χ4v) is 4.47. The van der Waals surface area contributed by atoms with Gasteiger partial charge in [0, 0.05) is 49.8 Å². The zero-order valence-electron chi connectivity index (χ0n) is 16.6. The number of carbonyl (C=O) groups is 1. The van der Waals surface area contributed by atoms with Gasteiger partial charge in [0.2, 0.25) is 0 Å². The third kappa shape index (κ3) is 4.83. The van der Waals surface area contributed by atoms with Gasteiger partial charge < -0.3 is 9.80 Å². The summed E-state index contributed by atoms with van der Waals surface area (Å²) in [6, 6.07) is 15.3. The summed E-state index contributed by atoms with van der Waals surface area (Å²) >= 11 is 0. The second-order valence-electron chi connectivity index (χ2n) is 7.12. The Morgan fingerprint density at radius 3 is 2.10 bits per heavy atom. The van der Waals surface area contributed by atoms with Crippen LogP contribution < -0.4 is 9.62 Å². The molecule has 2 aromatic carbocycles. The fraction of sp³-hybridized carbons (Fsp3) is 0.182. The van der Waals surface area contributed by atoms with E-state index in [0.717, 1.165) is 5.69 Å². The molecule has 7 nitrogen and oxygen atoms in total. The maximum atomic E-state index is 13.1. The van der Waals surface area contributed by atoms with Crippen molar-refractivity contribution < 1.29 is 17.6 Å². The van der Waals surface area contributed by atoms with Crippen molar-refractivity contribution >= 4 is 27.3 Å². The molecule has 31 heavy (non-hydrogen) atoms. The van der Waals surface area contributed by atoms with E-state index < -0.39 is 10.0 Å². The minimum Gasteiger partial charge on any atom is -0.368 e. The number of nitrogens with one attached hydrogen (secondary N) is 1. The average Bonchev–Trinajstić information content (AvgIpc) is 2.80. The Hall–Kier alpha value is -3.46. The number of piperazine rings is 1. The van der Waals surface area contributed by atoms with E-state index in [1.54, 1.807) is 29.2 Å². The van der Waals surface area contributed by atoms with Crippen molar-refractivity contribution in [3.05, 3.63) is 84.4 Å². The maximum Gasteiger partial charge on any atom is 0.261 e. The molecule has 9 heteroatoms. The van der Waals surface area contributed by atoms with Crippen molar-refractivity contribution in [3.63, 3.8) is 0 Å². The minimum absolute atomic E-state index is 0.0713. The molecule has 1 aromatic heterocycles. The molecule has 2 heterocycles. The number of pyridine rings is 1. The molecular formula is C22H21FN4O3S. The van der Waals surface area contributed by atoms with Crippen LogP contribution in [0.3, 0.4) is 0 Å². The van der Waals surface area contributed by atoms with Gasteiger partial charge in [0.1, 0.15) is 5.82 Å². The molecule has 0 unspecified atom stereocenters. The monoisotopic (exact) mass is 440 g/mol. The normalized spacial score (nSPS) is 14.4. The number of hydrogen-bond donors (Lipinski definition) is 1. The molecule has 1 aliphatic rings. The number of sulfonamides is 1.